The van der Waals surface area contributed by atoms with Crippen LogP contribution in [0.5, 0.6) is 0 Å². The van der Waals surface area contributed by atoms with Gasteiger partial charge in [-0.3, -0.25) is 14.5 Å². The number of hydrogen-bond acceptors (Lipinski definition) is 5. The summed E-state index contributed by atoms with van der Waals surface area (Å²) >= 11 is 1.66. The van der Waals surface area contributed by atoms with E-state index >= 15 is 0 Å². The first-order valence-electron chi connectivity index (χ1n) is 12.7. The molecule has 1 atom stereocenters. The largest absolute Gasteiger partial charge is 0.281 e. The van der Waals surface area contributed by atoms with Gasteiger partial charge in [0.05, 0.1) is 5.25 Å². The highest BCUT2D eigenvalue weighted by Crippen LogP contribution is 2.36. The van der Waals surface area contributed by atoms with Gasteiger partial charge in [-0.05, 0) is 47.2 Å². The maximum atomic E-state index is 12.3. The lowest BCUT2D eigenvalue weighted by Gasteiger charge is -2.27. The van der Waals surface area contributed by atoms with E-state index in [1.54, 1.807) is 11.8 Å². The van der Waals surface area contributed by atoms with Crippen LogP contribution in [-0.4, -0.2) is 45.3 Å². The lowest BCUT2D eigenvalue weighted by Crippen LogP contribution is -2.34. The second kappa shape index (κ2) is 15.3. The molecule has 0 saturated carbocycles. The highest BCUT2D eigenvalue weighted by atomic mass is 33.1. The molecule has 0 aromatic heterocycles. The molecule has 2 amide bonds. The third-order valence-corrected chi connectivity index (χ3v) is 10.1. The molecule has 1 saturated heterocycles. The molecule has 0 radical (unpaired) electrons. The molecule has 1 aliphatic rings. The molecule has 0 aliphatic carbocycles. The summed E-state index contributed by atoms with van der Waals surface area (Å²) in [5, 5.41) is 0.590. The zero-order valence-corrected chi connectivity index (χ0v) is 26.1. The van der Waals surface area contributed by atoms with Crippen LogP contribution in [0, 0.1) is 28.6 Å². The minimum absolute atomic E-state index is 0.00265. The Balaban J connectivity index is 0.000000684. The van der Waals surface area contributed by atoms with Crippen molar-refractivity contribution in [1.82, 2.24) is 4.90 Å². The molecule has 1 rings (SSSR count). The molecule has 3 nitrogen and oxygen atoms in total. The normalized spacial score (nSPS) is 17.6. The van der Waals surface area contributed by atoms with Gasteiger partial charge in [0.25, 0.3) is 0 Å². The average molecular weight is 520 g/mol. The Morgan fingerprint density at radius 2 is 1.30 bits per heavy atom. The van der Waals surface area contributed by atoms with Gasteiger partial charge in [-0.15, -0.1) is 11.8 Å². The Hall–Kier alpha value is 0.190. The van der Waals surface area contributed by atoms with Crippen molar-refractivity contribution in [3.8, 4) is 0 Å². The van der Waals surface area contributed by atoms with Gasteiger partial charge in [-0.1, -0.05) is 105 Å². The number of amides is 2. The summed E-state index contributed by atoms with van der Waals surface area (Å²) in [5.41, 5.74) is 0.717. The first-order chi connectivity index (χ1) is 15.0. The Labute approximate surface area is 218 Å². The fourth-order valence-corrected chi connectivity index (χ4v) is 8.38. The molecule has 0 spiro atoms. The average Bonchev–Trinajstić information content (AvgIpc) is 2.85. The molecule has 1 aliphatic heterocycles. The van der Waals surface area contributed by atoms with Crippen molar-refractivity contribution in [2.24, 2.45) is 28.6 Å². The molecule has 1 fully saturated rings. The van der Waals surface area contributed by atoms with Gasteiger partial charge in [0, 0.05) is 24.0 Å². The van der Waals surface area contributed by atoms with Crippen LogP contribution in [0.4, 0.5) is 0 Å². The number of carbonyl (C=O) groups excluding carboxylic acids is 2. The second-order valence-electron chi connectivity index (χ2n) is 12.7. The smallest absolute Gasteiger partial charge is 0.242 e. The van der Waals surface area contributed by atoms with Gasteiger partial charge in [0.15, 0.2) is 0 Å². The van der Waals surface area contributed by atoms with E-state index in [2.05, 4.69) is 69.2 Å². The van der Waals surface area contributed by atoms with E-state index in [0.717, 1.165) is 23.3 Å². The van der Waals surface area contributed by atoms with Crippen molar-refractivity contribution in [3.63, 3.8) is 0 Å². The van der Waals surface area contributed by atoms with Crippen LogP contribution in [0.2, 0.25) is 0 Å². The molecule has 1 heterocycles. The summed E-state index contributed by atoms with van der Waals surface area (Å²) in [6, 6.07) is 0. The summed E-state index contributed by atoms with van der Waals surface area (Å²) in [7, 11) is 4.03. The fraction of sp³-hybridized carbons (Fsp3) is 0.926. The van der Waals surface area contributed by atoms with Gasteiger partial charge in [0.1, 0.15) is 0 Å². The van der Waals surface area contributed by atoms with Crippen molar-refractivity contribution in [2.45, 2.75) is 113 Å². The van der Waals surface area contributed by atoms with E-state index in [1.807, 2.05) is 35.4 Å². The number of likely N-dealkylation sites (tertiary alicyclic amines) is 1. The number of rotatable bonds is 13. The quantitative estimate of drug-likeness (QED) is 0.180. The van der Waals surface area contributed by atoms with Crippen LogP contribution < -0.4 is 0 Å². The Bertz CT molecular complexity index is 586. The Morgan fingerprint density at radius 1 is 0.818 bits per heavy atom. The number of hydrogen-bond donors (Lipinski definition) is 0. The van der Waals surface area contributed by atoms with Crippen LogP contribution in [0.25, 0.3) is 0 Å². The number of thioether (sulfide) groups is 1. The van der Waals surface area contributed by atoms with E-state index in [9.17, 15) is 9.59 Å². The van der Waals surface area contributed by atoms with Gasteiger partial charge in [0.2, 0.25) is 11.8 Å². The molecule has 33 heavy (non-hydrogen) atoms. The third kappa shape index (κ3) is 15.7. The zero-order valence-electron chi connectivity index (χ0n) is 23.6. The topological polar surface area (TPSA) is 37.4 Å². The van der Waals surface area contributed by atoms with Crippen molar-refractivity contribution in [3.05, 3.63) is 0 Å². The first-order valence-corrected chi connectivity index (χ1v) is 16.1. The highest BCUT2D eigenvalue weighted by molar-refractivity contribution is 8.76. The Kier molecular flexibility index (Phi) is 15.4. The molecular formula is C27H53NO2S3. The molecule has 0 aromatic carbocycles. The van der Waals surface area contributed by atoms with Crippen molar-refractivity contribution in [1.29, 1.82) is 0 Å². The van der Waals surface area contributed by atoms with Crippen LogP contribution >= 0.6 is 33.3 Å². The molecular weight excluding hydrogens is 467 g/mol. The molecule has 6 heteroatoms. The van der Waals surface area contributed by atoms with Crippen LogP contribution in [-0.2, 0) is 9.59 Å². The number of imide groups is 1. The maximum absolute atomic E-state index is 12.3. The minimum atomic E-state index is -0.160. The highest BCUT2D eigenvalue weighted by Gasteiger charge is 2.39. The maximum Gasteiger partial charge on any atom is 0.242 e. The summed E-state index contributed by atoms with van der Waals surface area (Å²) < 4.78 is 0. The first kappa shape index (κ1) is 33.2. The van der Waals surface area contributed by atoms with Gasteiger partial charge < -0.3 is 0 Å². The SMILES string of the molecule is CC(C)CC(C)(C)CSSC(C)C.CC(C)CN1C(=O)CC(SCC(C)(C)CC(C)C)C1=O. The van der Waals surface area contributed by atoms with E-state index in [1.165, 1.54) is 17.1 Å². The van der Waals surface area contributed by atoms with Gasteiger partial charge >= 0.3 is 0 Å². The number of nitrogens with zero attached hydrogens (tertiary/aromatic N) is 1. The monoisotopic (exact) mass is 519 g/mol. The Morgan fingerprint density at radius 3 is 1.73 bits per heavy atom. The van der Waals surface area contributed by atoms with Gasteiger partial charge in [-0.2, -0.15) is 0 Å². The van der Waals surface area contributed by atoms with Gasteiger partial charge in [-0.25, -0.2) is 0 Å². The van der Waals surface area contributed by atoms with Crippen LogP contribution in [0.3, 0.4) is 0 Å². The second-order valence-corrected chi connectivity index (χ2v) is 16.8. The minimum Gasteiger partial charge on any atom is -0.281 e. The summed E-state index contributed by atoms with van der Waals surface area (Å²) in [5.74, 6) is 4.04. The molecule has 0 N–H and O–H groups in total. The van der Waals surface area contributed by atoms with Crippen molar-refractivity contribution >= 4 is 45.2 Å². The van der Waals surface area contributed by atoms with Crippen molar-refractivity contribution in [2.75, 3.05) is 18.1 Å². The summed E-state index contributed by atoms with van der Waals surface area (Å²) in [4.78, 5) is 25.7. The molecule has 0 bridgehead atoms. The zero-order chi connectivity index (χ0) is 26.0. The predicted molar refractivity (Wildman–Crippen MR) is 154 cm³/mol. The molecule has 0 aromatic rings. The predicted octanol–water partition coefficient (Wildman–Crippen LogP) is 8.42. The number of carbonyl (C=O) groups is 2. The van der Waals surface area contributed by atoms with E-state index in [0.29, 0.717) is 30.2 Å². The molecule has 196 valence electrons. The van der Waals surface area contributed by atoms with E-state index in [4.69, 9.17) is 0 Å². The molecule has 1 unspecified atom stereocenters. The summed E-state index contributed by atoms with van der Waals surface area (Å²) in [6.45, 7) is 27.4. The summed E-state index contributed by atoms with van der Waals surface area (Å²) in [6.07, 6.45) is 2.86. The van der Waals surface area contributed by atoms with Crippen molar-refractivity contribution < 1.29 is 9.59 Å². The van der Waals surface area contributed by atoms with E-state index < -0.39 is 0 Å². The van der Waals surface area contributed by atoms with E-state index in [-0.39, 0.29) is 22.5 Å². The standard InChI is InChI=1S/C16H29NO2S.C11H24S2/c1-11(2)8-16(5,6)10-20-13-7-14(18)17(15(13)19)9-12(3)4;1-9(2)7-11(5,6)8-12-13-10(3)4/h11-13H,7-10H2,1-6H3;9-10H,7-8H2,1-6H3. The fourth-order valence-electron chi connectivity index (χ4n) is 4.32. The lowest BCUT2D eigenvalue weighted by molar-refractivity contribution is -0.138. The van der Waals surface area contributed by atoms with Crippen LogP contribution in [0.1, 0.15) is 102 Å². The van der Waals surface area contributed by atoms with Crippen LogP contribution in [0.15, 0.2) is 0 Å². The third-order valence-electron chi connectivity index (χ3n) is 5.06. The lowest BCUT2D eigenvalue weighted by atomic mass is 9.86.